The molecule has 1 fully saturated rings. The number of amides is 1. The van der Waals surface area contributed by atoms with Gasteiger partial charge in [-0.2, -0.15) is 0 Å². The molecule has 1 aliphatic heterocycles. The molecule has 5 nitrogen and oxygen atoms in total. The maximum absolute atomic E-state index is 12.5. The van der Waals surface area contributed by atoms with Crippen LogP contribution in [-0.2, 0) is 9.53 Å². The van der Waals surface area contributed by atoms with Crippen molar-refractivity contribution in [3.05, 3.63) is 28.8 Å². The molecule has 0 aromatic heterocycles. The Kier molecular flexibility index (Phi) is 5.07. The van der Waals surface area contributed by atoms with E-state index in [1.165, 1.54) is 0 Å². The molecule has 1 unspecified atom stereocenters. The van der Waals surface area contributed by atoms with Gasteiger partial charge < -0.3 is 15.4 Å². The van der Waals surface area contributed by atoms with Gasteiger partial charge in [0.2, 0.25) is 0 Å². The molecule has 1 aliphatic rings. The molecule has 1 aromatic carbocycles. The third-order valence-corrected chi connectivity index (χ3v) is 3.81. The van der Waals surface area contributed by atoms with Gasteiger partial charge in [-0.05, 0) is 38.0 Å². The first kappa shape index (κ1) is 15.6. The molecule has 0 bridgehead atoms. The fraction of sp³-hybridized carbons (Fsp3) is 0.467. The van der Waals surface area contributed by atoms with E-state index in [9.17, 15) is 9.59 Å². The summed E-state index contributed by atoms with van der Waals surface area (Å²) in [4.78, 5) is 26.0. The second-order valence-corrected chi connectivity index (χ2v) is 5.51. The van der Waals surface area contributed by atoms with Crippen LogP contribution in [0.25, 0.3) is 0 Å². The van der Waals surface area contributed by atoms with Crippen molar-refractivity contribution in [3.8, 4) is 0 Å². The zero-order valence-corrected chi connectivity index (χ0v) is 12.7. The third kappa shape index (κ3) is 3.67. The Morgan fingerprint density at radius 1 is 1.48 bits per heavy atom. The van der Waals surface area contributed by atoms with Gasteiger partial charge >= 0.3 is 5.97 Å². The predicted molar refractivity (Wildman–Crippen MR) is 81.1 cm³/mol. The Hall–Kier alpha value is -1.75. The van der Waals surface area contributed by atoms with Crippen LogP contribution >= 0.6 is 11.6 Å². The average Bonchev–Trinajstić information content (AvgIpc) is 2.47. The van der Waals surface area contributed by atoms with Crippen molar-refractivity contribution in [3.63, 3.8) is 0 Å². The summed E-state index contributed by atoms with van der Waals surface area (Å²) >= 11 is 5.84. The zero-order valence-electron chi connectivity index (χ0n) is 12.0. The van der Waals surface area contributed by atoms with Crippen molar-refractivity contribution in [1.29, 1.82) is 0 Å². The molecular formula is C15H19ClN2O3. The smallest absolute Gasteiger partial charge is 0.310 e. The lowest BCUT2D eigenvalue weighted by atomic mass is 9.97. The number of rotatable bonds is 3. The molecule has 0 spiro atoms. The third-order valence-electron chi connectivity index (χ3n) is 3.57. The monoisotopic (exact) mass is 310 g/mol. The maximum atomic E-state index is 12.5. The van der Waals surface area contributed by atoms with Crippen LogP contribution in [0.3, 0.4) is 0 Å². The van der Waals surface area contributed by atoms with Crippen molar-refractivity contribution in [2.24, 2.45) is 5.92 Å². The Morgan fingerprint density at radius 3 is 2.90 bits per heavy atom. The van der Waals surface area contributed by atoms with Gasteiger partial charge in [-0.25, -0.2) is 0 Å². The van der Waals surface area contributed by atoms with Crippen LogP contribution in [0.1, 0.15) is 30.1 Å². The van der Waals surface area contributed by atoms with Crippen molar-refractivity contribution in [2.75, 3.05) is 25.4 Å². The summed E-state index contributed by atoms with van der Waals surface area (Å²) in [5.74, 6) is -0.659. The normalized spacial score (nSPS) is 18.4. The number of nitrogen functional groups attached to an aromatic ring is 1. The molecule has 0 radical (unpaired) electrons. The molecule has 0 saturated carbocycles. The van der Waals surface area contributed by atoms with Crippen LogP contribution in [-0.4, -0.2) is 36.5 Å². The highest BCUT2D eigenvalue weighted by atomic mass is 35.5. The van der Waals surface area contributed by atoms with E-state index in [1.54, 1.807) is 30.0 Å². The van der Waals surface area contributed by atoms with Gasteiger partial charge in [0, 0.05) is 23.8 Å². The largest absolute Gasteiger partial charge is 0.466 e. The molecule has 1 saturated heterocycles. The van der Waals surface area contributed by atoms with Gasteiger partial charge in [0.25, 0.3) is 5.91 Å². The lowest BCUT2D eigenvalue weighted by Gasteiger charge is -2.31. The SMILES string of the molecule is CCOC(=O)C1CCCN(C(=O)c2ccc(Cl)cc2N)C1. The molecule has 1 atom stereocenters. The number of benzene rings is 1. The van der Waals surface area contributed by atoms with Gasteiger partial charge in [-0.15, -0.1) is 0 Å². The lowest BCUT2D eigenvalue weighted by Crippen LogP contribution is -2.43. The Bertz CT molecular complexity index is 548. The van der Waals surface area contributed by atoms with Crippen molar-refractivity contribution >= 4 is 29.2 Å². The first-order valence-corrected chi connectivity index (χ1v) is 7.41. The summed E-state index contributed by atoms with van der Waals surface area (Å²) in [6, 6.07) is 4.81. The molecule has 6 heteroatoms. The van der Waals surface area contributed by atoms with Crippen LogP contribution < -0.4 is 5.73 Å². The number of hydrogen-bond acceptors (Lipinski definition) is 4. The van der Waals surface area contributed by atoms with Crippen LogP contribution in [0.2, 0.25) is 5.02 Å². The quantitative estimate of drug-likeness (QED) is 0.687. The number of nitrogens with zero attached hydrogens (tertiary/aromatic N) is 1. The van der Waals surface area contributed by atoms with E-state index in [2.05, 4.69) is 0 Å². The van der Waals surface area contributed by atoms with Crippen LogP contribution in [0.5, 0.6) is 0 Å². The fourth-order valence-electron chi connectivity index (χ4n) is 2.51. The highest BCUT2D eigenvalue weighted by molar-refractivity contribution is 6.31. The van der Waals surface area contributed by atoms with E-state index in [-0.39, 0.29) is 17.8 Å². The van der Waals surface area contributed by atoms with E-state index in [0.29, 0.717) is 36.0 Å². The van der Waals surface area contributed by atoms with E-state index >= 15 is 0 Å². The summed E-state index contributed by atoms with van der Waals surface area (Å²) in [5.41, 5.74) is 6.62. The molecule has 1 amide bonds. The average molecular weight is 311 g/mol. The second-order valence-electron chi connectivity index (χ2n) is 5.07. The number of carbonyl (C=O) groups is 2. The maximum Gasteiger partial charge on any atom is 0.310 e. The molecule has 1 heterocycles. The molecule has 0 aliphatic carbocycles. The first-order chi connectivity index (χ1) is 10.0. The summed E-state index contributed by atoms with van der Waals surface area (Å²) in [6.45, 7) is 3.13. The van der Waals surface area contributed by atoms with E-state index < -0.39 is 0 Å². The molecule has 2 N–H and O–H groups in total. The Balaban J connectivity index is 2.10. The fourth-order valence-corrected chi connectivity index (χ4v) is 2.69. The molecule has 21 heavy (non-hydrogen) atoms. The van der Waals surface area contributed by atoms with E-state index in [0.717, 1.165) is 12.8 Å². The van der Waals surface area contributed by atoms with Crippen LogP contribution in [0.15, 0.2) is 18.2 Å². The first-order valence-electron chi connectivity index (χ1n) is 7.04. The minimum atomic E-state index is -0.254. The van der Waals surface area contributed by atoms with Gasteiger partial charge in [0.05, 0.1) is 18.1 Å². The highest BCUT2D eigenvalue weighted by Gasteiger charge is 2.30. The molecular weight excluding hydrogens is 292 g/mol. The van der Waals surface area contributed by atoms with Gasteiger partial charge in [-0.3, -0.25) is 9.59 Å². The van der Waals surface area contributed by atoms with Crippen molar-refractivity contribution in [2.45, 2.75) is 19.8 Å². The van der Waals surface area contributed by atoms with Crippen LogP contribution in [0.4, 0.5) is 5.69 Å². The van der Waals surface area contributed by atoms with Crippen molar-refractivity contribution in [1.82, 2.24) is 4.90 Å². The Morgan fingerprint density at radius 2 is 2.24 bits per heavy atom. The number of likely N-dealkylation sites (tertiary alicyclic amines) is 1. The summed E-state index contributed by atoms with van der Waals surface area (Å²) < 4.78 is 5.04. The predicted octanol–water partition coefficient (Wildman–Crippen LogP) is 2.34. The van der Waals surface area contributed by atoms with E-state index in [4.69, 9.17) is 22.1 Å². The van der Waals surface area contributed by atoms with Gasteiger partial charge in [0.15, 0.2) is 0 Å². The number of anilines is 1. The number of nitrogens with two attached hydrogens (primary N) is 1. The minimum absolute atomic E-state index is 0.168. The Labute approximate surface area is 129 Å². The van der Waals surface area contributed by atoms with Gasteiger partial charge in [0.1, 0.15) is 0 Å². The summed E-state index contributed by atoms with van der Waals surface area (Å²) in [7, 11) is 0. The van der Waals surface area contributed by atoms with Gasteiger partial charge in [-0.1, -0.05) is 11.6 Å². The number of hydrogen-bond donors (Lipinski definition) is 1. The second kappa shape index (κ2) is 6.80. The molecule has 2 rings (SSSR count). The standard InChI is InChI=1S/C15H19ClN2O3/c1-2-21-15(20)10-4-3-7-18(9-10)14(19)12-6-5-11(16)8-13(12)17/h5-6,8,10H,2-4,7,9,17H2,1H3. The number of piperidine rings is 1. The number of halogens is 1. The topological polar surface area (TPSA) is 72.6 Å². The summed E-state index contributed by atoms with van der Waals surface area (Å²) in [5, 5.41) is 0.493. The molecule has 1 aromatic rings. The molecule has 114 valence electrons. The number of ether oxygens (including phenoxy) is 1. The number of carbonyl (C=O) groups excluding carboxylic acids is 2. The van der Waals surface area contributed by atoms with Crippen LogP contribution in [0, 0.1) is 5.92 Å². The lowest BCUT2D eigenvalue weighted by molar-refractivity contribution is -0.149. The minimum Gasteiger partial charge on any atom is -0.466 e. The van der Waals surface area contributed by atoms with Crippen molar-refractivity contribution < 1.29 is 14.3 Å². The van der Waals surface area contributed by atoms with E-state index in [1.807, 2.05) is 0 Å². The summed E-state index contributed by atoms with van der Waals surface area (Å²) in [6.07, 6.45) is 1.53. The number of esters is 1. The highest BCUT2D eigenvalue weighted by Crippen LogP contribution is 2.23. The zero-order chi connectivity index (χ0) is 15.4.